The van der Waals surface area contributed by atoms with Crippen LogP contribution in [0.4, 0.5) is 0 Å². The summed E-state index contributed by atoms with van der Waals surface area (Å²) in [5.41, 5.74) is -0.104. The number of nitrogens with one attached hydrogen (secondary N) is 1. The summed E-state index contributed by atoms with van der Waals surface area (Å²) in [5.74, 6) is -0.112. The van der Waals surface area contributed by atoms with Gasteiger partial charge in [0.1, 0.15) is 0 Å². The first kappa shape index (κ1) is 16.4. The van der Waals surface area contributed by atoms with Crippen molar-refractivity contribution in [3.8, 4) is 0 Å². The maximum Gasteiger partial charge on any atom is 0.305 e. The second kappa shape index (κ2) is 8.48. The summed E-state index contributed by atoms with van der Waals surface area (Å²) in [6, 6.07) is 0.382. The van der Waals surface area contributed by atoms with Gasteiger partial charge in [-0.2, -0.15) is 0 Å². The van der Waals surface area contributed by atoms with Crippen molar-refractivity contribution in [2.45, 2.75) is 58.6 Å². The van der Waals surface area contributed by atoms with Crippen molar-refractivity contribution in [3.63, 3.8) is 0 Å². The molecule has 4 heteroatoms. The molecule has 1 atom stereocenters. The second-order valence-corrected chi connectivity index (χ2v) is 4.93. The lowest BCUT2D eigenvalue weighted by atomic mass is 10.00. The van der Waals surface area contributed by atoms with Gasteiger partial charge in [0.25, 0.3) is 0 Å². The molecular weight excluding hydrogens is 218 g/mol. The van der Waals surface area contributed by atoms with E-state index in [0.29, 0.717) is 19.1 Å². The minimum Gasteiger partial charge on any atom is -0.466 e. The molecule has 0 fully saturated rings. The van der Waals surface area contributed by atoms with E-state index in [4.69, 9.17) is 9.47 Å². The number of carbonyl (C=O) groups is 1. The van der Waals surface area contributed by atoms with Crippen LogP contribution in [0, 0.1) is 0 Å². The van der Waals surface area contributed by atoms with E-state index >= 15 is 0 Å². The van der Waals surface area contributed by atoms with Gasteiger partial charge in [-0.25, -0.2) is 0 Å². The van der Waals surface area contributed by atoms with Crippen LogP contribution in [-0.2, 0) is 14.3 Å². The van der Waals surface area contributed by atoms with Crippen LogP contribution >= 0.6 is 0 Å². The van der Waals surface area contributed by atoms with Gasteiger partial charge in [0.05, 0.1) is 12.2 Å². The van der Waals surface area contributed by atoms with E-state index in [2.05, 4.69) is 26.1 Å². The maximum atomic E-state index is 11.1. The fourth-order valence-corrected chi connectivity index (χ4v) is 1.71. The first-order valence-corrected chi connectivity index (χ1v) is 6.35. The summed E-state index contributed by atoms with van der Waals surface area (Å²) in [4.78, 5) is 11.1. The van der Waals surface area contributed by atoms with E-state index in [-0.39, 0.29) is 11.6 Å². The van der Waals surface area contributed by atoms with E-state index in [9.17, 15) is 4.79 Å². The second-order valence-electron chi connectivity index (χ2n) is 4.93. The summed E-state index contributed by atoms with van der Waals surface area (Å²) in [6.45, 7) is 9.40. The Morgan fingerprint density at radius 1 is 1.41 bits per heavy atom. The van der Waals surface area contributed by atoms with Crippen molar-refractivity contribution in [1.82, 2.24) is 5.32 Å². The standard InChI is InChI=1S/C13H27NO3/c1-6-17-12(15)8-7-9-14-11(2)10-13(3,4)16-5/h11,14H,6-10H2,1-5H3. The third-order valence-electron chi connectivity index (χ3n) is 2.71. The zero-order chi connectivity index (χ0) is 13.3. The summed E-state index contributed by atoms with van der Waals surface area (Å²) < 4.78 is 10.2. The quantitative estimate of drug-likeness (QED) is 0.499. The van der Waals surface area contributed by atoms with Crippen molar-refractivity contribution >= 4 is 5.97 Å². The predicted octanol–water partition coefficient (Wildman–Crippen LogP) is 2.12. The SMILES string of the molecule is CCOC(=O)CCCNC(C)CC(C)(C)OC. The zero-order valence-electron chi connectivity index (χ0n) is 11.8. The van der Waals surface area contributed by atoms with Gasteiger partial charge in [0, 0.05) is 19.6 Å². The van der Waals surface area contributed by atoms with Gasteiger partial charge in [-0.3, -0.25) is 4.79 Å². The van der Waals surface area contributed by atoms with Crippen LogP contribution in [-0.4, -0.2) is 37.9 Å². The van der Waals surface area contributed by atoms with Crippen molar-refractivity contribution in [2.75, 3.05) is 20.3 Å². The lowest BCUT2D eigenvalue weighted by Gasteiger charge is -2.27. The Bertz CT molecular complexity index is 217. The first-order chi connectivity index (χ1) is 7.91. The molecule has 0 saturated heterocycles. The van der Waals surface area contributed by atoms with E-state index in [0.717, 1.165) is 19.4 Å². The van der Waals surface area contributed by atoms with E-state index < -0.39 is 0 Å². The van der Waals surface area contributed by atoms with Crippen LogP contribution in [0.1, 0.15) is 47.0 Å². The number of rotatable bonds is 9. The van der Waals surface area contributed by atoms with Crippen LogP contribution in [0.2, 0.25) is 0 Å². The summed E-state index contributed by atoms with van der Waals surface area (Å²) in [6.07, 6.45) is 2.25. The molecule has 0 bridgehead atoms. The highest BCUT2D eigenvalue weighted by atomic mass is 16.5. The topological polar surface area (TPSA) is 47.6 Å². The summed E-state index contributed by atoms with van der Waals surface area (Å²) in [5, 5.41) is 3.38. The fourth-order valence-electron chi connectivity index (χ4n) is 1.71. The number of carbonyl (C=O) groups excluding carboxylic acids is 1. The van der Waals surface area contributed by atoms with Crippen molar-refractivity contribution in [2.24, 2.45) is 0 Å². The third-order valence-corrected chi connectivity index (χ3v) is 2.71. The Labute approximate surface area is 105 Å². The molecular formula is C13H27NO3. The van der Waals surface area contributed by atoms with Crippen LogP contribution < -0.4 is 5.32 Å². The Morgan fingerprint density at radius 2 is 2.06 bits per heavy atom. The molecule has 0 saturated carbocycles. The number of hydrogen-bond acceptors (Lipinski definition) is 4. The van der Waals surface area contributed by atoms with Crippen molar-refractivity contribution in [1.29, 1.82) is 0 Å². The van der Waals surface area contributed by atoms with Crippen LogP contribution in [0.5, 0.6) is 0 Å². The van der Waals surface area contributed by atoms with Crippen molar-refractivity contribution < 1.29 is 14.3 Å². The Balaban J connectivity index is 3.58. The molecule has 17 heavy (non-hydrogen) atoms. The van der Waals surface area contributed by atoms with Gasteiger partial charge < -0.3 is 14.8 Å². The molecule has 0 aliphatic carbocycles. The maximum absolute atomic E-state index is 11.1. The highest BCUT2D eigenvalue weighted by molar-refractivity contribution is 5.69. The van der Waals surface area contributed by atoms with E-state index in [1.165, 1.54) is 0 Å². The van der Waals surface area contributed by atoms with Crippen LogP contribution in [0.25, 0.3) is 0 Å². The van der Waals surface area contributed by atoms with Gasteiger partial charge in [-0.05, 0) is 47.1 Å². The lowest BCUT2D eigenvalue weighted by molar-refractivity contribution is -0.143. The fraction of sp³-hybridized carbons (Fsp3) is 0.923. The molecule has 0 aliphatic rings. The minimum atomic E-state index is -0.112. The molecule has 0 aromatic rings. The highest BCUT2D eigenvalue weighted by Crippen LogP contribution is 2.15. The van der Waals surface area contributed by atoms with Crippen molar-refractivity contribution in [3.05, 3.63) is 0 Å². The van der Waals surface area contributed by atoms with E-state index in [1.807, 2.05) is 6.92 Å². The van der Waals surface area contributed by atoms with Gasteiger partial charge in [0.15, 0.2) is 0 Å². The molecule has 1 N–H and O–H groups in total. The number of hydrogen-bond donors (Lipinski definition) is 1. The van der Waals surface area contributed by atoms with Crippen LogP contribution in [0.3, 0.4) is 0 Å². The molecule has 0 heterocycles. The van der Waals surface area contributed by atoms with Gasteiger partial charge in [0.2, 0.25) is 0 Å². The molecule has 102 valence electrons. The molecule has 0 amide bonds. The van der Waals surface area contributed by atoms with Gasteiger partial charge in [-0.1, -0.05) is 0 Å². The zero-order valence-corrected chi connectivity index (χ0v) is 11.8. The molecule has 0 aromatic heterocycles. The summed E-state index contributed by atoms with van der Waals surface area (Å²) in [7, 11) is 1.73. The largest absolute Gasteiger partial charge is 0.466 e. The lowest BCUT2D eigenvalue weighted by Crippen LogP contribution is -2.36. The molecule has 0 aromatic carbocycles. The first-order valence-electron chi connectivity index (χ1n) is 6.35. The number of methoxy groups -OCH3 is 1. The molecule has 0 spiro atoms. The Hall–Kier alpha value is -0.610. The summed E-state index contributed by atoms with van der Waals surface area (Å²) >= 11 is 0. The monoisotopic (exact) mass is 245 g/mol. The number of esters is 1. The number of ether oxygens (including phenoxy) is 2. The highest BCUT2D eigenvalue weighted by Gasteiger charge is 2.19. The molecule has 1 unspecified atom stereocenters. The van der Waals surface area contributed by atoms with Crippen LogP contribution in [0.15, 0.2) is 0 Å². The van der Waals surface area contributed by atoms with E-state index in [1.54, 1.807) is 7.11 Å². The average Bonchev–Trinajstić information content (AvgIpc) is 2.24. The average molecular weight is 245 g/mol. The van der Waals surface area contributed by atoms with Gasteiger partial charge in [-0.15, -0.1) is 0 Å². The predicted molar refractivity (Wildman–Crippen MR) is 69.0 cm³/mol. The Morgan fingerprint density at radius 3 is 2.59 bits per heavy atom. The minimum absolute atomic E-state index is 0.104. The molecule has 0 aliphatic heterocycles. The molecule has 0 radical (unpaired) electrons. The third kappa shape index (κ3) is 9.12. The molecule has 4 nitrogen and oxygen atoms in total. The molecule has 0 rings (SSSR count). The van der Waals surface area contributed by atoms with Gasteiger partial charge >= 0.3 is 5.97 Å². The smallest absolute Gasteiger partial charge is 0.305 e. The Kier molecular flexibility index (Phi) is 8.17. The normalized spacial score (nSPS) is 13.5.